The topological polar surface area (TPSA) is 81.9 Å². The van der Waals surface area contributed by atoms with Crippen molar-refractivity contribution in [2.75, 3.05) is 11.9 Å². The first-order valence-electron chi connectivity index (χ1n) is 9.00. The van der Waals surface area contributed by atoms with Crippen molar-refractivity contribution >= 4 is 23.2 Å². The lowest BCUT2D eigenvalue weighted by molar-refractivity contribution is 0.0925. The lowest BCUT2D eigenvalue weighted by Gasteiger charge is -2.36. The van der Waals surface area contributed by atoms with Crippen LogP contribution in [-0.2, 0) is 0 Å². The molecule has 0 spiro atoms. The number of aromatic nitrogens is 2. The Kier molecular flexibility index (Phi) is 5.92. The van der Waals surface area contributed by atoms with E-state index in [9.17, 15) is 4.79 Å². The van der Waals surface area contributed by atoms with Gasteiger partial charge in [-0.3, -0.25) is 4.79 Å². The Bertz CT molecular complexity index is 854. The van der Waals surface area contributed by atoms with Crippen LogP contribution >= 0.6 is 11.6 Å². The number of nitrogens with one attached hydrogen (secondary N) is 1. The summed E-state index contributed by atoms with van der Waals surface area (Å²) in [6.07, 6.45) is 6.90. The minimum atomic E-state index is -0.120. The van der Waals surface area contributed by atoms with Gasteiger partial charge in [-0.05, 0) is 50.8 Å². The van der Waals surface area contributed by atoms with Crippen LogP contribution in [-0.4, -0.2) is 35.0 Å². The van der Waals surface area contributed by atoms with Crippen molar-refractivity contribution < 1.29 is 4.79 Å². The number of hydrogen-bond donors (Lipinski definition) is 1. The molecule has 0 aliphatic heterocycles. The fraction of sp³-hybridized carbons (Fsp3) is 0.400. The van der Waals surface area contributed by atoms with Crippen molar-refractivity contribution in [3.63, 3.8) is 0 Å². The lowest BCUT2D eigenvalue weighted by Crippen LogP contribution is -2.43. The number of aryl methyl sites for hydroxylation is 1. The van der Waals surface area contributed by atoms with Gasteiger partial charge in [0.15, 0.2) is 0 Å². The van der Waals surface area contributed by atoms with Crippen molar-refractivity contribution in [1.82, 2.24) is 15.3 Å². The van der Waals surface area contributed by atoms with Crippen LogP contribution in [0.3, 0.4) is 0 Å². The summed E-state index contributed by atoms with van der Waals surface area (Å²) in [6.45, 7) is 1.79. The first kappa shape index (κ1) is 19.1. The zero-order valence-corrected chi connectivity index (χ0v) is 16.2. The fourth-order valence-electron chi connectivity index (χ4n) is 3.41. The zero-order valence-electron chi connectivity index (χ0n) is 15.4. The molecular weight excluding hydrogens is 362 g/mol. The molecule has 0 unspecified atom stereocenters. The van der Waals surface area contributed by atoms with E-state index in [0.717, 1.165) is 31.4 Å². The van der Waals surface area contributed by atoms with Crippen LogP contribution in [0.15, 0.2) is 30.6 Å². The van der Waals surface area contributed by atoms with Crippen LogP contribution in [0.2, 0.25) is 5.02 Å². The highest BCUT2D eigenvalue weighted by Crippen LogP contribution is 2.29. The maximum atomic E-state index is 12.3. The standard InChI is InChI=1S/C20H22ClN5O/c1-13-23-11-15(12-24-13)20(27)25-16-4-7-17(8-5-16)26(2)18-6-3-14(10-22)19(21)9-18/h3,6,9,11-12,16-17H,4-5,7-8H2,1-2H3,(H,25,27)/t16-,17-. The molecule has 1 aromatic heterocycles. The Hall–Kier alpha value is -2.65. The van der Waals surface area contributed by atoms with Crippen LogP contribution in [0.4, 0.5) is 5.69 Å². The van der Waals surface area contributed by atoms with Gasteiger partial charge in [-0.25, -0.2) is 9.97 Å². The summed E-state index contributed by atoms with van der Waals surface area (Å²) in [5.74, 6) is 0.531. The van der Waals surface area contributed by atoms with E-state index in [1.165, 1.54) is 0 Å². The van der Waals surface area contributed by atoms with Gasteiger partial charge in [0.05, 0.1) is 16.1 Å². The molecule has 1 aliphatic carbocycles. The van der Waals surface area contributed by atoms with Gasteiger partial charge in [0, 0.05) is 37.2 Å². The first-order chi connectivity index (χ1) is 13.0. The van der Waals surface area contributed by atoms with Gasteiger partial charge in [-0.15, -0.1) is 0 Å². The summed E-state index contributed by atoms with van der Waals surface area (Å²) in [5, 5.41) is 12.6. The number of nitriles is 1. The molecule has 1 fully saturated rings. The molecule has 7 heteroatoms. The van der Waals surface area contributed by atoms with Crippen molar-refractivity contribution in [3.8, 4) is 6.07 Å². The van der Waals surface area contributed by atoms with Crippen molar-refractivity contribution in [3.05, 3.63) is 52.6 Å². The second-order valence-electron chi connectivity index (χ2n) is 6.88. The predicted octanol–water partition coefficient (Wildman–Crippen LogP) is 3.49. The number of nitrogens with zero attached hydrogens (tertiary/aromatic N) is 4. The highest BCUT2D eigenvalue weighted by atomic mass is 35.5. The molecule has 1 saturated carbocycles. The Morgan fingerprint density at radius 2 is 1.93 bits per heavy atom. The first-order valence-corrected chi connectivity index (χ1v) is 9.37. The average Bonchev–Trinajstić information content (AvgIpc) is 2.68. The maximum Gasteiger partial charge on any atom is 0.254 e. The number of rotatable bonds is 4. The monoisotopic (exact) mass is 383 g/mol. The van der Waals surface area contributed by atoms with Crippen LogP contribution < -0.4 is 10.2 Å². The highest BCUT2D eigenvalue weighted by molar-refractivity contribution is 6.32. The molecular formula is C20H22ClN5O. The summed E-state index contributed by atoms with van der Waals surface area (Å²) < 4.78 is 0. The third-order valence-electron chi connectivity index (χ3n) is 5.10. The van der Waals surface area contributed by atoms with Gasteiger partial charge >= 0.3 is 0 Å². The van der Waals surface area contributed by atoms with E-state index >= 15 is 0 Å². The Morgan fingerprint density at radius 3 is 2.52 bits per heavy atom. The Morgan fingerprint density at radius 1 is 1.26 bits per heavy atom. The molecule has 140 valence electrons. The predicted molar refractivity (Wildman–Crippen MR) is 105 cm³/mol. The molecule has 1 aromatic carbocycles. The highest BCUT2D eigenvalue weighted by Gasteiger charge is 2.26. The number of carbonyl (C=O) groups excluding carboxylic acids is 1. The molecule has 1 heterocycles. The zero-order chi connectivity index (χ0) is 19.4. The van der Waals surface area contributed by atoms with Gasteiger partial charge in [0.25, 0.3) is 5.91 Å². The molecule has 1 aliphatic rings. The number of halogens is 1. The van der Waals surface area contributed by atoms with E-state index in [2.05, 4.69) is 26.3 Å². The molecule has 27 heavy (non-hydrogen) atoms. The maximum absolute atomic E-state index is 12.3. The van der Waals surface area contributed by atoms with Crippen molar-refractivity contribution in [1.29, 1.82) is 5.26 Å². The minimum absolute atomic E-state index is 0.120. The summed E-state index contributed by atoms with van der Waals surface area (Å²) in [7, 11) is 2.05. The van der Waals surface area contributed by atoms with E-state index in [1.807, 2.05) is 19.2 Å². The number of benzene rings is 1. The molecule has 1 N–H and O–H groups in total. The molecule has 0 bridgehead atoms. The molecule has 0 radical (unpaired) electrons. The lowest BCUT2D eigenvalue weighted by atomic mass is 9.90. The summed E-state index contributed by atoms with van der Waals surface area (Å²) in [5.41, 5.74) is 1.98. The quantitative estimate of drug-likeness (QED) is 0.873. The van der Waals surface area contributed by atoms with Crippen molar-refractivity contribution in [2.24, 2.45) is 0 Å². The Balaban J connectivity index is 1.55. The summed E-state index contributed by atoms with van der Waals surface area (Å²) >= 11 is 6.15. The van der Waals surface area contributed by atoms with E-state index in [0.29, 0.717) is 28.0 Å². The minimum Gasteiger partial charge on any atom is -0.372 e. The van der Waals surface area contributed by atoms with E-state index < -0.39 is 0 Å². The largest absolute Gasteiger partial charge is 0.372 e. The smallest absolute Gasteiger partial charge is 0.254 e. The second-order valence-corrected chi connectivity index (χ2v) is 7.29. The molecule has 1 amide bonds. The second kappa shape index (κ2) is 8.36. The van der Waals surface area contributed by atoms with Gasteiger partial charge in [-0.1, -0.05) is 11.6 Å². The summed E-state index contributed by atoms with van der Waals surface area (Å²) in [4.78, 5) is 22.7. The molecule has 2 aromatic rings. The van der Waals surface area contributed by atoms with Gasteiger partial charge in [0.2, 0.25) is 0 Å². The van der Waals surface area contributed by atoms with Gasteiger partial charge in [-0.2, -0.15) is 5.26 Å². The van der Waals surface area contributed by atoms with Crippen LogP contribution in [0.5, 0.6) is 0 Å². The number of hydrogen-bond acceptors (Lipinski definition) is 5. The Labute approximate surface area is 164 Å². The number of anilines is 1. The third-order valence-corrected chi connectivity index (χ3v) is 5.42. The van der Waals surface area contributed by atoms with E-state index in [4.69, 9.17) is 16.9 Å². The van der Waals surface area contributed by atoms with Gasteiger partial charge in [0.1, 0.15) is 11.9 Å². The molecule has 0 atom stereocenters. The van der Waals surface area contributed by atoms with Crippen LogP contribution in [0.25, 0.3) is 0 Å². The molecule has 0 saturated heterocycles. The number of amides is 1. The van der Waals surface area contributed by atoms with Crippen LogP contribution in [0, 0.1) is 18.3 Å². The third kappa shape index (κ3) is 4.55. The molecule has 3 rings (SSSR count). The van der Waals surface area contributed by atoms with Gasteiger partial charge < -0.3 is 10.2 Å². The van der Waals surface area contributed by atoms with E-state index in [-0.39, 0.29) is 11.9 Å². The number of carbonyl (C=O) groups is 1. The fourth-order valence-corrected chi connectivity index (χ4v) is 3.63. The SMILES string of the molecule is Cc1ncc(C(=O)N[C@H]2CC[C@H](N(C)c3ccc(C#N)c(Cl)c3)CC2)cn1. The summed E-state index contributed by atoms with van der Waals surface area (Å²) in [6, 6.07) is 8.14. The normalized spacial score (nSPS) is 19.2. The average molecular weight is 384 g/mol. The van der Waals surface area contributed by atoms with Crippen molar-refractivity contribution in [2.45, 2.75) is 44.7 Å². The van der Waals surface area contributed by atoms with E-state index in [1.54, 1.807) is 25.4 Å². The van der Waals surface area contributed by atoms with Crippen LogP contribution in [0.1, 0.15) is 47.4 Å². The molecule has 6 nitrogen and oxygen atoms in total.